The van der Waals surface area contributed by atoms with Crippen molar-refractivity contribution in [3.63, 3.8) is 0 Å². The van der Waals surface area contributed by atoms with Crippen LogP contribution < -0.4 is 22.1 Å². The summed E-state index contributed by atoms with van der Waals surface area (Å²) in [6.07, 6.45) is 1.60. The number of hydrazine groups is 1. The molecule has 0 aliphatic rings. The van der Waals surface area contributed by atoms with Crippen molar-refractivity contribution in [2.45, 2.75) is 6.54 Å². The quantitative estimate of drug-likeness (QED) is 0.386. The third kappa shape index (κ3) is 2.26. The largest absolute Gasteiger partial charge is 0.394 e. The molecule has 0 aliphatic carbocycles. The van der Waals surface area contributed by atoms with Crippen molar-refractivity contribution < 1.29 is 5.11 Å². The summed E-state index contributed by atoms with van der Waals surface area (Å²) in [5, 5.41) is 10.2. The molecular formula is C12H18N6O3. The van der Waals surface area contributed by atoms with E-state index in [-0.39, 0.29) is 30.3 Å². The third-order valence-electron chi connectivity index (χ3n) is 3.24. The molecule has 114 valence electrons. The first-order valence-corrected chi connectivity index (χ1v) is 6.34. The Balaban J connectivity index is 2.89. The molecule has 2 heterocycles. The fourth-order valence-corrected chi connectivity index (χ4v) is 2.16. The van der Waals surface area contributed by atoms with Gasteiger partial charge in [-0.3, -0.25) is 23.5 Å². The number of imidazole rings is 1. The van der Waals surface area contributed by atoms with Crippen LogP contribution in [-0.4, -0.2) is 36.9 Å². The second-order valence-corrected chi connectivity index (χ2v) is 4.61. The van der Waals surface area contributed by atoms with E-state index in [1.807, 2.05) is 0 Å². The van der Waals surface area contributed by atoms with Gasteiger partial charge in [-0.25, -0.2) is 10.6 Å². The van der Waals surface area contributed by atoms with Crippen molar-refractivity contribution in [3.8, 4) is 0 Å². The molecule has 0 amide bonds. The summed E-state index contributed by atoms with van der Waals surface area (Å²) in [5.41, 5.74) is -0.407. The van der Waals surface area contributed by atoms with Crippen molar-refractivity contribution in [1.29, 1.82) is 0 Å². The van der Waals surface area contributed by atoms with Gasteiger partial charge in [-0.1, -0.05) is 6.08 Å². The number of aryl methyl sites for hydroxylation is 1. The summed E-state index contributed by atoms with van der Waals surface area (Å²) in [4.78, 5) is 28.6. The fourth-order valence-electron chi connectivity index (χ4n) is 2.16. The number of anilines is 1. The molecule has 0 spiro atoms. The van der Waals surface area contributed by atoms with Crippen LogP contribution in [0.2, 0.25) is 0 Å². The first-order chi connectivity index (χ1) is 9.93. The van der Waals surface area contributed by atoms with E-state index >= 15 is 0 Å². The summed E-state index contributed by atoms with van der Waals surface area (Å²) >= 11 is 0. The number of aromatic nitrogens is 4. The molecule has 0 saturated heterocycles. The van der Waals surface area contributed by atoms with E-state index in [1.54, 1.807) is 10.6 Å². The number of fused-ring (bicyclic) bond motifs is 1. The van der Waals surface area contributed by atoms with E-state index in [1.165, 1.54) is 23.7 Å². The number of allylic oxidation sites excluding steroid dienone is 1. The first-order valence-electron chi connectivity index (χ1n) is 6.34. The van der Waals surface area contributed by atoms with Gasteiger partial charge < -0.3 is 5.11 Å². The van der Waals surface area contributed by atoms with E-state index in [4.69, 9.17) is 10.9 Å². The Morgan fingerprint density at radius 1 is 1.38 bits per heavy atom. The number of hydrogen-bond donors (Lipinski definition) is 2. The molecule has 2 aromatic rings. The molecule has 9 heteroatoms. The molecule has 0 aromatic carbocycles. The molecule has 3 N–H and O–H groups in total. The second-order valence-electron chi connectivity index (χ2n) is 4.61. The average Bonchev–Trinajstić information content (AvgIpc) is 2.83. The van der Waals surface area contributed by atoms with E-state index in [0.29, 0.717) is 6.54 Å². The van der Waals surface area contributed by atoms with Gasteiger partial charge in [0.15, 0.2) is 11.2 Å². The summed E-state index contributed by atoms with van der Waals surface area (Å²) in [6, 6.07) is 0. The monoisotopic (exact) mass is 294 g/mol. The van der Waals surface area contributed by atoms with Gasteiger partial charge in [0, 0.05) is 20.6 Å². The molecular weight excluding hydrogens is 276 g/mol. The predicted molar refractivity (Wildman–Crippen MR) is 79.0 cm³/mol. The number of nitrogens with two attached hydrogens (primary N) is 1. The summed E-state index contributed by atoms with van der Waals surface area (Å²) < 4.78 is 3.87. The first kappa shape index (κ1) is 15.0. The van der Waals surface area contributed by atoms with Crippen molar-refractivity contribution in [1.82, 2.24) is 18.7 Å². The van der Waals surface area contributed by atoms with Gasteiger partial charge in [0.25, 0.3) is 5.56 Å². The maximum atomic E-state index is 12.3. The molecule has 0 unspecified atom stereocenters. The molecule has 0 aliphatic heterocycles. The lowest BCUT2D eigenvalue weighted by Crippen LogP contribution is -2.38. The van der Waals surface area contributed by atoms with Crippen molar-refractivity contribution in [2.75, 3.05) is 18.2 Å². The zero-order valence-corrected chi connectivity index (χ0v) is 12.0. The number of aliphatic hydroxyl groups is 1. The highest BCUT2D eigenvalue weighted by atomic mass is 16.3. The highest BCUT2D eigenvalue weighted by Gasteiger charge is 2.20. The molecule has 2 aromatic heterocycles. The van der Waals surface area contributed by atoms with Crippen LogP contribution >= 0.6 is 0 Å². The van der Waals surface area contributed by atoms with Crippen LogP contribution in [0.25, 0.3) is 11.2 Å². The Morgan fingerprint density at radius 3 is 2.62 bits per heavy atom. The normalized spacial score (nSPS) is 11.0. The zero-order chi connectivity index (χ0) is 15.7. The minimum absolute atomic E-state index is 0.148. The molecule has 0 radical (unpaired) electrons. The molecule has 2 rings (SSSR count). The smallest absolute Gasteiger partial charge is 0.332 e. The maximum absolute atomic E-state index is 12.3. The van der Waals surface area contributed by atoms with E-state index in [9.17, 15) is 9.59 Å². The molecule has 21 heavy (non-hydrogen) atoms. The predicted octanol–water partition coefficient (Wildman–Crippen LogP) is -1.71. The van der Waals surface area contributed by atoms with Gasteiger partial charge >= 0.3 is 5.69 Å². The van der Waals surface area contributed by atoms with Gasteiger partial charge in [-0.05, 0) is 0 Å². The number of aliphatic hydroxyl groups excluding tert-OH is 1. The Bertz CT molecular complexity index is 800. The molecule has 0 atom stereocenters. The highest BCUT2D eigenvalue weighted by molar-refractivity contribution is 5.74. The summed E-state index contributed by atoms with van der Waals surface area (Å²) in [7, 11) is 2.94. The van der Waals surface area contributed by atoms with Crippen LogP contribution in [0.1, 0.15) is 0 Å². The van der Waals surface area contributed by atoms with Gasteiger partial charge in [-0.2, -0.15) is 4.98 Å². The van der Waals surface area contributed by atoms with Crippen molar-refractivity contribution >= 4 is 17.1 Å². The molecule has 0 fully saturated rings. The van der Waals surface area contributed by atoms with Gasteiger partial charge in [0.2, 0.25) is 5.95 Å². The minimum atomic E-state index is -0.465. The van der Waals surface area contributed by atoms with E-state index in [2.05, 4.69) is 11.6 Å². The zero-order valence-electron chi connectivity index (χ0n) is 12.0. The molecule has 0 bridgehead atoms. The number of nitrogens with zero attached hydrogens (tertiary/aromatic N) is 5. The van der Waals surface area contributed by atoms with Gasteiger partial charge in [0.05, 0.1) is 13.2 Å². The Hall–Kier alpha value is -2.39. The lowest BCUT2D eigenvalue weighted by Gasteiger charge is -2.17. The molecule has 0 saturated carbocycles. The molecule has 9 nitrogen and oxygen atoms in total. The minimum Gasteiger partial charge on any atom is -0.394 e. The van der Waals surface area contributed by atoms with Crippen molar-refractivity contribution in [2.24, 2.45) is 19.9 Å². The van der Waals surface area contributed by atoms with Crippen LogP contribution in [0.15, 0.2) is 22.2 Å². The summed E-state index contributed by atoms with van der Waals surface area (Å²) in [5.74, 6) is 6.13. The van der Waals surface area contributed by atoms with E-state index in [0.717, 1.165) is 4.57 Å². The lowest BCUT2D eigenvalue weighted by molar-refractivity contribution is 0.301. The Kier molecular flexibility index (Phi) is 3.96. The fraction of sp³-hybridized carbons (Fsp3) is 0.417. The second kappa shape index (κ2) is 5.54. The van der Waals surface area contributed by atoms with Gasteiger partial charge in [-0.15, -0.1) is 6.58 Å². The lowest BCUT2D eigenvalue weighted by atomic mass is 10.5. The van der Waals surface area contributed by atoms with Crippen LogP contribution in [0.4, 0.5) is 5.95 Å². The highest BCUT2D eigenvalue weighted by Crippen LogP contribution is 2.17. The van der Waals surface area contributed by atoms with Crippen LogP contribution in [0, 0.1) is 0 Å². The van der Waals surface area contributed by atoms with Crippen LogP contribution in [0.5, 0.6) is 0 Å². The standard InChI is InChI=1S/C12H18N6O3/c1-4-5-17-8-9(14-11(17)18(13)6-7-19)15(2)12(21)16(3)10(8)20/h4,19H,1,5-7,13H2,2-3H3. The Labute approximate surface area is 120 Å². The number of rotatable bonds is 5. The van der Waals surface area contributed by atoms with E-state index < -0.39 is 11.2 Å². The average molecular weight is 294 g/mol. The third-order valence-corrected chi connectivity index (χ3v) is 3.24. The summed E-state index contributed by atoms with van der Waals surface area (Å²) in [6.45, 7) is 3.94. The van der Waals surface area contributed by atoms with Gasteiger partial charge in [0.1, 0.15) is 0 Å². The SMILES string of the molecule is C=CCn1c(N(N)CCO)nc2c1c(=O)n(C)c(=O)n2C. The van der Waals surface area contributed by atoms with Crippen molar-refractivity contribution in [3.05, 3.63) is 33.5 Å². The Morgan fingerprint density at radius 2 is 2.05 bits per heavy atom. The topological polar surface area (TPSA) is 111 Å². The van der Waals surface area contributed by atoms with Crippen LogP contribution in [-0.2, 0) is 20.6 Å². The number of hydrogen-bond acceptors (Lipinski definition) is 6. The maximum Gasteiger partial charge on any atom is 0.332 e. The van der Waals surface area contributed by atoms with Crippen LogP contribution in [0.3, 0.4) is 0 Å².